The van der Waals surface area contributed by atoms with E-state index in [0.717, 1.165) is 32.2 Å². The molecule has 0 amide bonds. The van der Waals surface area contributed by atoms with Crippen molar-refractivity contribution in [3.63, 3.8) is 0 Å². The Hall–Kier alpha value is -3.16. The van der Waals surface area contributed by atoms with Gasteiger partial charge in [-0.25, -0.2) is 4.52 Å². The standard InChI is InChI=1S/C23H17N2OP/c26-27(20-11-3-1-4-12-20,21-13-5-2-6-14-21)23-16-24-25-17-19-10-8-7-9-18(19)15-22(23)25/h1-17H. The number of aromatic nitrogens is 2. The lowest BCUT2D eigenvalue weighted by Gasteiger charge is -2.18. The van der Waals surface area contributed by atoms with E-state index >= 15 is 0 Å². The van der Waals surface area contributed by atoms with Gasteiger partial charge in [-0.1, -0.05) is 84.9 Å². The molecule has 0 saturated carbocycles. The molecule has 5 rings (SSSR count). The Morgan fingerprint density at radius 3 is 1.89 bits per heavy atom. The van der Waals surface area contributed by atoms with Crippen molar-refractivity contribution in [2.24, 2.45) is 0 Å². The van der Waals surface area contributed by atoms with E-state index < -0.39 is 7.14 Å². The third-order valence-electron chi connectivity index (χ3n) is 4.94. The molecule has 0 aliphatic heterocycles. The van der Waals surface area contributed by atoms with Crippen molar-refractivity contribution in [1.29, 1.82) is 0 Å². The third kappa shape index (κ3) is 2.51. The highest BCUT2D eigenvalue weighted by Crippen LogP contribution is 2.43. The predicted octanol–water partition coefficient (Wildman–Crippen LogP) is 4.13. The Morgan fingerprint density at radius 2 is 1.26 bits per heavy atom. The molecule has 0 fully saturated rings. The van der Waals surface area contributed by atoms with Crippen LogP contribution in [-0.4, -0.2) is 9.61 Å². The largest absolute Gasteiger partial charge is 0.308 e. The fraction of sp³-hybridized carbons (Fsp3) is 0. The number of rotatable bonds is 3. The molecular formula is C23H17N2OP. The summed E-state index contributed by atoms with van der Waals surface area (Å²) in [5.74, 6) is 0. The molecule has 0 spiro atoms. The first-order chi connectivity index (χ1) is 13.3. The van der Waals surface area contributed by atoms with E-state index in [9.17, 15) is 4.57 Å². The van der Waals surface area contributed by atoms with Crippen LogP contribution < -0.4 is 15.9 Å². The molecule has 4 heteroatoms. The lowest BCUT2D eigenvalue weighted by atomic mass is 10.2. The van der Waals surface area contributed by atoms with Gasteiger partial charge in [0.25, 0.3) is 0 Å². The molecule has 2 aromatic heterocycles. The zero-order chi connectivity index (χ0) is 18.3. The second-order valence-corrected chi connectivity index (χ2v) is 9.28. The van der Waals surface area contributed by atoms with Crippen molar-refractivity contribution in [3.05, 3.63) is 103 Å². The van der Waals surface area contributed by atoms with Crippen LogP contribution in [0.25, 0.3) is 16.3 Å². The minimum Gasteiger partial charge on any atom is -0.308 e. The number of hydrogen-bond acceptors (Lipinski definition) is 2. The van der Waals surface area contributed by atoms with Gasteiger partial charge >= 0.3 is 0 Å². The van der Waals surface area contributed by atoms with Gasteiger partial charge in [-0.2, -0.15) is 5.10 Å². The van der Waals surface area contributed by atoms with Gasteiger partial charge in [0.1, 0.15) is 0 Å². The summed E-state index contributed by atoms with van der Waals surface area (Å²) in [6.45, 7) is 0. The van der Waals surface area contributed by atoms with E-state index in [-0.39, 0.29) is 0 Å². The van der Waals surface area contributed by atoms with Gasteiger partial charge in [-0.05, 0) is 11.5 Å². The van der Waals surface area contributed by atoms with Crippen molar-refractivity contribution in [2.75, 3.05) is 0 Å². The number of nitrogens with zero attached hydrogens (tertiary/aromatic N) is 2. The molecule has 3 aromatic carbocycles. The molecule has 2 heterocycles. The van der Waals surface area contributed by atoms with Crippen molar-refractivity contribution in [3.8, 4) is 0 Å². The first-order valence-corrected chi connectivity index (χ1v) is 10.6. The Morgan fingerprint density at radius 1 is 0.704 bits per heavy atom. The SMILES string of the molecule is O=P(c1ccccc1)(c1ccccc1)c1cnn2cc3ccccc3cc12. The highest BCUT2D eigenvalue weighted by Gasteiger charge is 2.32. The molecule has 0 bridgehead atoms. The third-order valence-corrected chi connectivity index (χ3v) is 8.02. The average Bonchev–Trinajstić information content (AvgIpc) is 3.16. The van der Waals surface area contributed by atoms with Gasteiger partial charge in [-0.3, -0.25) is 0 Å². The van der Waals surface area contributed by atoms with Crippen LogP contribution in [0.2, 0.25) is 0 Å². The maximum atomic E-state index is 14.6. The van der Waals surface area contributed by atoms with E-state index in [1.807, 2.05) is 83.5 Å². The lowest BCUT2D eigenvalue weighted by Crippen LogP contribution is -2.24. The maximum Gasteiger partial charge on any atom is 0.174 e. The number of hydrogen-bond donors (Lipinski definition) is 0. The summed E-state index contributed by atoms with van der Waals surface area (Å²) >= 11 is 0. The van der Waals surface area contributed by atoms with Crippen LogP contribution in [0.3, 0.4) is 0 Å². The fourth-order valence-corrected chi connectivity index (χ4v) is 6.33. The van der Waals surface area contributed by atoms with Crippen molar-refractivity contribution in [2.45, 2.75) is 0 Å². The summed E-state index contributed by atoms with van der Waals surface area (Å²) in [5.41, 5.74) is 0.879. The highest BCUT2D eigenvalue weighted by molar-refractivity contribution is 7.85. The van der Waals surface area contributed by atoms with E-state index in [2.05, 4.69) is 23.3 Å². The van der Waals surface area contributed by atoms with E-state index in [1.165, 1.54) is 0 Å². The average molecular weight is 368 g/mol. The Balaban J connectivity index is 1.86. The van der Waals surface area contributed by atoms with Crippen LogP contribution >= 0.6 is 7.14 Å². The molecule has 3 nitrogen and oxygen atoms in total. The second kappa shape index (κ2) is 6.22. The molecule has 0 N–H and O–H groups in total. The minimum atomic E-state index is -3.04. The monoisotopic (exact) mass is 368 g/mol. The van der Waals surface area contributed by atoms with Crippen LogP contribution in [0.5, 0.6) is 0 Å². The molecule has 0 aliphatic carbocycles. The highest BCUT2D eigenvalue weighted by atomic mass is 31.2. The first kappa shape index (κ1) is 16.0. The lowest BCUT2D eigenvalue weighted by molar-refractivity contribution is 0.592. The Kier molecular flexibility index (Phi) is 3.70. The summed E-state index contributed by atoms with van der Waals surface area (Å²) < 4.78 is 16.4. The molecule has 0 saturated heterocycles. The topological polar surface area (TPSA) is 34.4 Å². The molecular weight excluding hydrogens is 351 g/mol. The van der Waals surface area contributed by atoms with Crippen LogP contribution in [0.1, 0.15) is 0 Å². The maximum absolute atomic E-state index is 14.6. The number of fused-ring (bicyclic) bond motifs is 2. The summed E-state index contributed by atoms with van der Waals surface area (Å²) in [6, 6.07) is 29.6. The molecule has 27 heavy (non-hydrogen) atoms. The summed E-state index contributed by atoms with van der Waals surface area (Å²) in [4.78, 5) is 0. The number of benzene rings is 3. The molecule has 0 unspecified atom stereocenters. The molecule has 0 atom stereocenters. The molecule has 0 radical (unpaired) electrons. The first-order valence-electron chi connectivity index (χ1n) is 8.85. The molecule has 130 valence electrons. The summed E-state index contributed by atoms with van der Waals surface area (Å²) in [5, 5.41) is 9.15. The van der Waals surface area contributed by atoms with E-state index in [0.29, 0.717) is 0 Å². The predicted molar refractivity (Wildman–Crippen MR) is 112 cm³/mol. The normalized spacial score (nSPS) is 11.9. The van der Waals surface area contributed by atoms with Gasteiger partial charge in [0.15, 0.2) is 7.14 Å². The summed E-state index contributed by atoms with van der Waals surface area (Å²) in [7, 11) is -3.04. The number of pyridine rings is 1. The van der Waals surface area contributed by atoms with Gasteiger partial charge in [-0.15, -0.1) is 0 Å². The van der Waals surface area contributed by atoms with Crippen molar-refractivity contribution >= 4 is 39.3 Å². The van der Waals surface area contributed by atoms with Crippen LogP contribution in [0.4, 0.5) is 0 Å². The molecule has 5 aromatic rings. The van der Waals surface area contributed by atoms with Gasteiger partial charge in [0, 0.05) is 22.2 Å². The van der Waals surface area contributed by atoms with Gasteiger partial charge in [0.2, 0.25) is 0 Å². The summed E-state index contributed by atoms with van der Waals surface area (Å²) in [6.07, 6.45) is 3.75. The van der Waals surface area contributed by atoms with Crippen LogP contribution in [0, 0.1) is 0 Å². The van der Waals surface area contributed by atoms with Crippen molar-refractivity contribution < 1.29 is 4.57 Å². The second-order valence-electron chi connectivity index (χ2n) is 6.54. The van der Waals surface area contributed by atoms with Crippen LogP contribution in [-0.2, 0) is 4.57 Å². The Labute approximate surface area is 157 Å². The van der Waals surface area contributed by atoms with Gasteiger partial charge in [0.05, 0.1) is 17.0 Å². The smallest absolute Gasteiger partial charge is 0.174 e. The van der Waals surface area contributed by atoms with Crippen LogP contribution in [0.15, 0.2) is 103 Å². The quantitative estimate of drug-likeness (QED) is 0.449. The zero-order valence-electron chi connectivity index (χ0n) is 14.6. The minimum absolute atomic E-state index is 0.769. The van der Waals surface area contributed by atoms with Gasteiger partial charge < -0.3 is 4.57 Å². The fourth-order valence-electron chi connectivity index (χ4n) is 3.59. The van der Waals surface area contributed by atoms with Crippen molar-refractivity contribution in [1.82, 2.24) is 9.61 Å². The molecule has 0 aliphatic rings. The van der Waals surface area contributed by atoms with E-state index in [4.69, 9.17) is 0 Å². The van der Waals surface area contributed by atoms with E-state index in [1.54, 1.807) is 6.20 Å². The Bertz CT molecular complexity index is 1250. The zero-order valence-corrected chi connectivity index (χ0v) is 15.5.